The fraction of sp³-hybridized carbons (Fsp3) is 0.357. The molecule has 0 radical (unpaired) electrons. The third-order valence-corrected chi connectivity index (χ3v) is 5.19. The summed E-state index contributed by atoms with van der Waals surface area (Å²) in [5.74, 6) is -1.99. The molecular formula is C14H16N3O6S-. The molecule has 2 rings (SSSR count). The number of rotatable bonds is 6. The molecule has 130 valence electrons. The van der Waals surface area contributed by atoms with Crippen LogP contribution in [0.25, 0.3) is 11.0 Å². The maximum Gasteiger partial charge on any atom is 0.314 e. The number of sulfonamides is 1. The molecule has 1 heterocycles. The Bertz CT molecular complexity index is 991. The van der Waals surface area contributed by atoms with Crippen LogP contribution in [0.5, 0.6) is 0 Å². The van der Waals surface area contributed by atoms with Gasteiger partial charge in [-0.25, -0.2) is 13.1 Å². The number of hydrogen-bond donors (Lipinski definition) is 3. The van der Waals surface area contributed by atoms with Gasteiger partial charge in [0, 0.05) is 0 Å². The van der Waals surface area contributed by atoms with E-state index in [2.05, 4.69) is 14.7 Å². The van der Waals surface area contributed by atoms with Crippen molar-refractivity contribution in [2.45, 2.75) is 31.2 Å². The number of H-pyrrole nitrogens is 2. The number of hydrogen-bond acceptors (Lipinski definition) is 6. The molecule has 24 heavy (non-hydrogen) atoms. The van der Waals surface area contributed by atoms with Crippen LogP contribution in [0, 0.1) is 5.92 Å². The van der Waals surface area contributed by atoms with Crippen LogP contribution in [0.3, 0.4) is 0 Å². The molecule has 0 fully saturated rings. The topological polar surface area (TPSA) is 152 Å². The van der Waals surface area contributed by atoms with E-state index in [1.807, 2.05) is 0 Å². The second kappa shape index (κ2) is 6.57. The summed E-state index contributed by atoms with van der Waals surface area (Å²) < 4.78 is 26.9. The van der Waals surface area contributed by atoms with E-state index in [4.69, 9.17) is 0 Å². The van der Waals surface area contributed by atoms with Crippen LogP contribution in [-0.4, -0.2) is 30.4 Å². The Morgan fingerprint density at radius 3 is 2.33 bits per heavy atom. The molecule has 0 saturated carbocycles. The molecule has 0 aliphatic rings. The summed E-state index contributed by atoms with van der Waals surface area (Å²) in [4.78, 5) is 38.1. The van der Waals surface area contributed by atoms with E-state index in [1.54, 1.807) is 13.8 Å². The van der Waals surface area contributed by atoms with Gasteiger partial charge in [0.25, 0.3) is 0 Å². The molecule has 2 aromatic rings. The van der Waals surface area contributed by atoms with Crippen molar-refractivity contribution in [1.82, 2.24) is 14.7 Å². The average molecular weight is 354 g/mol. The van der Waals surface area contributed by atoms with E-state index < -0.39 is 39.1 Å². The first kappa shape index (κ1) is 17.9. The van der Waals surface area contributed by atoms with Gasteiger partial charge in [0.2, 0.25) is 10.0 Å². The fourth-order valence-corrected chi connectivity index (χ4v) is 3.45. The van der Waals surface area contributed by atoms with Crippen molar-refractivity contribution < 1.29 is 18.3 Å². The molecule has 0 aliphatic heterocycles. The van der Waals surface area contributed by atoms with Gasteiger partial charge in [-0.2, -0.15) is 0 Å². The predicted octanol–water partition coefficient (Wildman–Crippen LogP) is -1.34. The number of carboxylic acid groups (broad SMARTS) is 1. The first-order valence-electron chi connectivity index (χ1n) is 7.15. The molecule has 1 aromatic heterocycles. The molecule has 0 amide bonds. The number of aromatic nitrogens is 2. The normalized spacial score (nSPS) is 14.4. The van der Waals surface area contributed by atoms with E-state index in [0.717, 1.165) is 6.07 Å². The molecule has 3 N–H and O–H groups in total. The van der Waals surface area contributed by atoms with E-state index in [9.17, 15) is 27.9 Å². The van der Waals surface area contributed by atoms with E-state index in [1.165, 1.54) is 12.1 Å². The highest BCUT2D eigenvalue weighted by Crippen LogP contribution is 2.16. The molecule has 2 atom stereocenters. The van der Waals surface area contributed by atoms with Gasteiger partial charge in [0.15, 0.2) is 0 Å². The van der Waals surface area contributed by atoms with Crippen molar-refractivity contribution in [3.05, 3.63) is 38.9 Å². The Morgan fingerprint density at radius 2 is 1.79 bits per heavy atom. The molecule has 0 saturated heterocycles. The summed E-state index contributed by atoms with van der Waals surface area (Å²) in [6.07, 6.45) is 0.438. The first-order chi connectivity index (χ1) is 11.2. The van der Waals surface area contributed by atoms with Gasteiger partial charge in [-0.1, -0.05) is 20.3 Å². The van der Waals surface area contributed by atoms with Crippen LogP contribution >= 0.6 is 0 Å². The zero-order valence-electron chi connectivity index (χ0n) is 13.0. The average Bonchev–Trinajstić information content (AvgIpc) is 2.52. The van der Waals surface area contributed by atoms with Crippen molar-refractivity contribution in [2.24, 2.45) is 5.92 Å². The monoisotopic (exact) mass is 354 g/mol. The van der Waals surface area contributed by atoms with Gasteiger partial charge >= 0.3 is 11.1 Å². The van der Waals surface area contributed by atoms with Crippen molar-refractivity contribution in [2.75, 3.05) is 0 Å². The summed E-state index contributed by atoms with van der Waals surface area (Å²) in [5.41, 5.74) is -1.42. The maximum absolute atomic E-state index is 12.4. The van der Waals surface area contributed by atoms with Crippen LogP contribution in [0.2, 0.25) is 0 Å². The minimum Gasteiger partial charge on any atom is -0.548 e. The highest BCUT2D eigenvalue weighted by molar-refractivity contribution is 7.89. The molecule has 0 aliphatic carbocycles. The van der Waals surface area contributed by atoms with E-state index in [0.29, 0.717) is 6.42 Å². The Balaban J connectivity index is 2.47. The van der Waals surface area contributed by atoms with Crippen molar-refractivity contribution in [3.63, 3.8) is 0 Å². The SMILES string of the molecule is CCC(C)C(NS(=O)(=O)c1ccc2[nH]c(=O)c(=O)[nH]c2c1)C(=O)[O-]. The number of fused-ring (bicyclic) bond motifs is 1. The second-order valence-electron chi connectivity index (χ2n) is 5.42. The van der Waals surface area contributed by atoms with Gasteiger partial charge in [-0.3, -0.25) is 9.59 Å². The standard InChI is InChI=1S/C14H17N3O6S/c1-3-7(2)11(14(20)21)17-24(22,23)8-4-5-9-10(6-8)16-13(19)12(18)15-9/h4-7,11,17H,3H2,1-2H3,(H,15,18)(H,16,19)(H,20,21)/p-1. The number of benzene rings is 1. The largest absolute Gasteiger partial charge is 0.548 e. The molecule has 1 aromatic carbocycles. The lowest BCUT2D eigenvalue weighted by atomic mass is 10.0. The highest BCUT2D eigenvalue weighted by atomic mass is 32.2. The summed E-state index contributed by atoms with van der Waals surface area (Å²) >= 11 is 0. The number of aromatic amines is 2. The summed E-state index contributed by atoms with van der Waals surface area (Å²) in [6.45, 7) is 3.32. The minimum absolute atomic E-state index is 0.107. The number of carboxylic acids is 1. The van der Waals surface area contributed by atoms with Gasteiger partial charge in [0.1, 0.15) is 0 Å². The zero-order valence-corrected chi connectivity index (χ0v) is 13.8. The zero-order chi connectivity index (χ0) is 18.1. The van der Waals surface area contributed by atoms with E-state index >= 15 is 0 Å². The number of carbonyl (C=O) groups excluding carboxylic acids is 1. The Morgan fingerprint density at radius 1 is 1.21 bits per heavy atom. The van der Waals surface area contributed by atoms with Gasteiger partial charge < -0.3 is 19.9 Å². The number of nitrogens with one attached hydrogen (secondary N) is 3. The van der Waals surface area contributed by atoms with Gasteiger partial charge in [-0.15, -0.1) is 0 Å². The number of carbonyl (C=O) groups is 1. The molecule has 10 heteroatoms. The Kier molecular flexibility index (Phi) is 4.90. The van der Waals surface area contributed by atoms with Crippen LogP contribution < -0.4 is 20.9 Å². The molecule has 0 bridgehead atoms. The fourth-order valence-electron chi connectivity index (χ4n) is 2.13. The number of aliphatic carboxylic acids is 1. The van der Waals surface area contributed by atoms with Crippen molar-refractivity contribution in [3.8, 4) is 0 Å². The smallest absolute Gasteiger partial charge is 0.314 e. The maximum atomic E-state index is 12.4. The van der Waals surface area contributed by atoms with E-state index in [-0.39, 0.29) is 15.9 Å². The third-order valence-electron chi connectivity index (χ3n) is 3.75. The van der Waals surface area contributed by atoms with Crippen LogP contribution in [0.15, 0.2) is 32.7 Å². The van der Waals surface area contributed by atoms with Crippen LogP contribution in [0.1, 0.15) is 20.3 Å². The first-order valence-corrected chi connectivity index (χ1v) is 8.63. The molecular weight excluding hydrogens is 338 g/mol. The Hall–Kier alpha value is -2.46. The third kappa shape index (κ3) is 3.54. The highest BCUT2D eigenvalue weighted by Gasteiger charge is 2.25. The Labute approximate surface area is 136 Å². The van der Waals surface area contributed by atoms with Gasteiger partial charge in [0.05, 0.1) is 27.9 Å². The molecule has 9 nitrogen and oxygen atoms in total. The lowest BCUT2D eigenvalue weighted by Gasteiger charge is -2.24. The quantitative estimate of drug-likeness (QED) is 0.546. The summed E-state index contributed by atoms with van der Waals surface area (Å²) in [6, 6.07) is 2.25. The van der Waals surface area contributed by atoms with Crippen molar-refractivity contribution in [1.29, 1.82) is 0 Å². The lowest BCUT2D eigenvalue weighted by Crippen LogP contribution is -2.51. The predicted molar refractivity (Wildman–Crippen MR) is 83.8 cm³/mol. The molecule has 0 spiro atoms. The second-order valence-corrected chi connectivity index (χ2v) is 7.13. The van der Waals surface area contributed by atoms with Crippen LogP contribution in [-0.2, 0) is 14.8 Å². The van der Waals surface area contributed by atoms with Crippen molar-refractivity contribution >= 4 is 27.0 Å². The summed E-state index contributed by atoms with van der Waals surface area (Å²) in [7, 11) is -4.16. The molecule has 2 unspecified atom stereocenters. The minimum atomic E-state index is -4.16. The lowest BCUT2D eigenvalue weighted by molar-refractivity contribution is -0.309. The van der Waals surface area contributed by atoms with Crippen LogP contribution in [0.4, 0.5) is 0 Å². The van der Waals surface area contributed by atoms with Gasteiger partial charge in [-0.05, 0) is 24.1 Å². The summed E-state index contributed by atoms with van der Waals surface area (Å²) in [5, 5.41) is 11.2.